The summed E-state index contributed by atoms with van der Waals surface area (Å²) in [6.45, 7) is 1.44. The SMILES string of the molecule is COc1cccc(-n2nnn(C)c2=O)c1COc1ccc(-c2c(F)c(F)c(F)c(F)c2F)cc1C. The van der Waals surface area contributed by atoms with E-state index in [4.69, 9.17) is 9.47 Å². The Labute approximate surface area is 194 Å². The summed E-state index contributed by atoms with van der Waals surface area (Å²) in [4.78, 5) is 12.3. The highest BCUT2D eigenvalue weighted by molar-refractivity contribution is 5.67. The van der Waals surface area contributed by atoms with Crippen LogP contribution in [-0.4, -0.2) is 26.9 Å². The smallest absolute Gasteiger partial charge is 0.368 e. The molecular weight excluding hydrogens is 475 g/mol. The van der Waals surface area contributed by atoms with Crippen molar-refractivity contribution in [3.63, 3.8) is 0 Å². The quantitative estimate of drug-likeness (QED) is 0.229. The van der Waals surface area contributed by atoms with Crippen LogP contribution < -0.4 is 15.2 Å². The molecule has 182 valence electrons. The Morgan fingerprint density at radius 2 is 1.54 bits per heavy atom. The fraction of sp³-hybridized carbons (Fsp3) is 0.174. The Bertz CT molecular complexity index is 1470. The second-order valence-electron chi connectivity index (χ2n) is 7.47. The first-order valence-electron chi connectivity index (χ1n) is 10.1. The van der Waals surface area contributed by atoms with Gasteiger partial charge in [-0.1, -0.05) is 12.1 Å². The van der Waals surface area contributed by atoms with Crippen molar-refractivity contribution in [1.82, 2.24) is 19.8 Å². The maximum absolute atomic E-state index is 14.2. The first kappa shape index (κ1) is 23.9. The summed E-state index contributed by atoms with van der Waals surface area (Å²) >= 11 is 0. The Morgan fingerprint density at radius 3 is 2.11 bits per heavy atom. The second-order valence-corrected chi connectivity index (χ2v) is 7.47. The summed E-state index contributed by atoms with van der Waals surface area (Å²) in [7, 11) is 2.88. The number of ether oxygens (including phenoxy) is 2. The molecule has 0 atom stereocenters. The maximum Gasteiger partial charge on any atom is 0.368 e. The van der Waals surface area contributed by atoms with Crippen LogP contribution in [0.25, 0.3) is 16.8 Å². The van der Waals surface area contributed by atoms with Gasteiger partial charge in [-0.15, -0.1) is 0 Å². The molecule has 4 rings (SSSR count). The van der Waals surface area contributed by atoms with Crippen molar-refractivity contribution in [1.29, 1.82) is 0 Å². The summed E-state index contributed by atoms with van der Waals surface area (Å²) in [5.74, 6) is -9.48. The van der Waals surface area contributed by atoms with E-state index in [0.717, 1.165) is 9.36 Å². The zero-order valence-electron chi connectivity index (χ0n) is 18.6. The molecule has 12 heteroatoms. The van der Waals surface area contributed by atoms with E-state index in [1.807, 2.05) is 0 Å². The lowest BCUT2D eigenvalue weighted by atomic mass is 10.0. The highest BCUT2D eigenvalue weighted by atomic mass is 19.2. The molecule has 0 unspecified atom stereocenters. The Kier molecular flexibility index (Phi) is 6.29. The van der Waals surface area contributed by atoms with Crippen molar-refractivity contribution in [2.45, 2.75) is 13.5 Å². The third-order valence-corrected chi connectivity index (χ3v) is 5.32. The van der Waals surface area contributed by atoms with Gasteiger partial charge in [0.05, 0.1) is 23.9 Å². The van der Waals surface area contributed by atoms with E-state index in [0.29, 0.717) is 22.6 Å². The first-order chi connectivity index (χ1) is 16.6. The van der Waals surface area contributed by atoms with E-state index < -0.39 is 40.3 Å². The van der Waals surface area contributed by atoms with Crippen molar-refractivity contribution in [2.24, 2.45) is 7.05 Å². The molecule has 35 heavy (non-hydrogen) atoms. The van der Waals surface area contributed by atoms with E-state index in [-0.39, 0.29) is 17.9 Å². The number of aromatic nitrogens is 4. The Hall–Kier alpha value is -4.22. The third kappa shape index (κ3) is 4.11. The molecule has 0 aliphatic rings. The largest absolute Gasteiger partial charge is 0.496 e. The van der Waals surface area contributed by atoms with Crippen molar-refractivity contribution in [2.75, 3.05) is 7.11 Å². The van der Waals surface area contributed by atoms with Gasteiger partial charge < -0.3 is 9.47 Å². The molecule has 0 amide bonds. The molecule has 0 aliphatic carbocycles. The van der Waals surface area contributed by atoms with E-state index in [1.54, 1.807) is 25.1 Å². The first-order valence-corrected chi connectivity index (χ1v) is 10.1. The minimum atomic E-state index is -2.23. The van der Waals surface area contributed by atoms with Gasteiger partial charge in [-0.2, -0.15) is 9.36 Å². The summed E-state index contributed by atoms with van der Waals surface area (Å²) in [5.41, 5.74) is -0.571. The zero-order valence-corrected chi connectivity index (χ0v) is 18.6. The van der Waals surface area contributed by atoms with Gasteiger partial charge in [-0.25, -0.2) is 26.7 Å². The molecular formula is C23H17F5N4O3. The lowest BCUT2D eigenvalue weighted by Crippen LogP contribution is -2.23. The highest BCUT2D eigenvalue weighted by Gasteiger charge is 2.27. The molecule has 7 nitrogen and oxygen atoms in total. The lowest BCUT2D eigenvalue weighted by Gasteiger charge is -2.16. The normalized spacial score (nSPS) is 11.1. The van der Waals surface area contributed by atoms with Gasteiger partial charge in [0, 0.05) is 7.05 Å². The van der Waals surface area contributed by atoms with Gasteiger partial charge in [0.1, 0.15) is 18.1 Å². The molecule has 0 bridgehead atoms. The fourth-order valence-electron chi connectivity index (χ4n) is 3.53. The van der Waals surface area contributed by atoms with Crippen LogP contribution in [0, 0.1) is 36.0 Å². The molecule has 0 radical (unpaired) electrons. The van der Waals surface area contributed by atoms with Crippen LogP contribution in [0.4, 0.5) is 22.0 Å². The molecule has 3 aromatic carbocycles. The van der Waals surface area contributed by atoms with Gasteiger partial charge in [-0.3, -0.25) is 0 Å². The Morgan fingerprint density at radius 1 is 0.886 bits per heavy atom. The van der Waals surface area contributed by atoms with Gasteiger partial charge in [0.2, 0.25) is 5.82 Å². The van der Waals surface area contributed by atoms with Crippen molar-refractivity contribution in [3.8, 4) is 28.3 Å². The summed E-state index contributed by atoms with van der Waals surface area (Å²) in [6, 6.07) is 8.69. The number of methoxy groups -OCH3 is 1. The molecule has 0 N–H and O–H groups in total. The number of benzene rings is 3. The second kappa shape index (κ2) is 9.20. The van der Waals surface area contributed by atoms with E-state index >= 15 is 0 Å². The van der Waals surface area contributed by atoms with Crippen molar-refractivity contribution < 1.29 is 31.4 Å². The number of halogens is 5. The maximum atomic E-state index is 14.2. The van der Waals surface area contributed by atoms with Crippen LogP contribution in [0.5, 0.6) is 11.5 Å². The van der Waals surface area contributed by atoms with Crippen LogP contribution in [0.3, 0.4) is 0 Å². The van der Waals surface area contributed by atoms with E-state index in [1.165, 1.54) is 32.4 Å². The minimum absolute atomic E-state index is 0.106. The predicted octanol–water partition coefficient (Wildman–Crippen LogP) is 4.22. The number of tetrazole rings is 1. The van der Waals surface area contributed by atoms with Gasteiger partial charge in [0.25, 0.3) is 0 Å². The molecule has 1 aromatic heterocycles. The molecule has 0 aliphatic heterocycles. The lowest BCUT2D eigenvalue weighted by molar-refractivity contribution is 0.294. The summed E-state index contributed by atoms with van der Waals surface area (Å²) in [5, 5.41) is 7.51. The van der Waals surface area contributed by atoms with Crippen molar-refractivity contribution in [3.05, 3.63) is 87.1 Å². The molecule has 1 heterocycles. The highest BCUT2D eigenvalue weighted by Crippen LogP contribution is 2.34. The summed E-state index contributed by atoms with van der Waals surface area (Å²) in [6.07, 6.45) is 0. The topological polar surface area (TPSA) is 71.2 Å². The number of rotatable bonds is 6. The zero-order chi connectivity index (χ0) is 25.4. The number of hydrogen-bond acceptors (Lipinski definition) is 5. The monoisotopic (exact) mass is 492 g/mol. The number of hydrogen-bond donors (Lipinski definition) is 0. The predicted molar refractivity (Wildman–Crippen MR) is 114 cm³/mol. The van der Waals surface area contributed by atoms with Gasteiger partial charge in [0.15, 0.2) is 23.3 Å². The average molecular weight is 492 g/mol. The van der Waals surface area contributed by atoms with Crippen LogP contribution in [0.2, 0.25) is 0 Å². The molecule has 0 saturated heterocycles. The minimum Gasteiger partial charge on any atom is -0.496 e. The molecule has 0 fully saturated rings. The van der Waals surface area contributed by atoms with Gasteiger partial charge >= 0.3 is 5.69 Å². The van der Waals surface area contributed by atoms with Gasteiger partial charge in [-0.05, 0) is 52.7 Å². The fourth-order valence-corrected chi connectivity index (χ4v) is 3.53. The molecule has 0 saturated carbocycles. The molecule has 4 aromatic rings. The number of nitrogens with zero attached hydrogens (tertiary/aromatic N) is 4. The van der Waals surface area contributed by atoms with Crippen LogP contribution in [0.1, 0.15) is 11.1 Å². The van der Waals surface area contributed by atoms with Crippen LogP contribution in [-0.2, 0) is 13.7 Å². The molecule has 0 spiro atoms. The van der Waals surface area contributed by atoms with E-state index in [2.05, 4.69) is 10.4 Å². The number of aryl methyl sites for hydroxylation is 2. The van der Waals surface area contributed by atoms with Crippen LogP contribution in [0.15, 0.2) is 41.2 Å². The average Bonchev–Trinajstić information content (AvgIpc) is 3.18. The Balaban J connectivity index is 1.69. The van der Waals surface area contributed by atoms with Crippen molar-refractivity contribution >= 4 is 0 Å². The summed E-state index contributed by atoms with van der Waals surface area (Å²) < 4.78 is 82.4. The van der Waals surface area contributed by atoms with Crippen LogP contribution >= 0.6 is 0 Å². The standard InChI is InChI=1S/C23H17F5N4O3/c1-11-9-12(17-18(24)20(26)22(28)21(27)19(17)25)7-8-15(11)35-10-13-14(5-4-6-16(13)34-3)32-23(33)31(2)29-30-32/h4-9H,10H2,1-3H3. The third-order valence-electron chi connectivity index (χ3n) is 5.32. The van der Waals surface area contributed by atoms with E-state index in [9.17, 15) is 26.7 Å².